The van der Waals surface area contributed by atoms with Crippen LogP contribution in [-0.4, -0.2) is 44.2 Å². The molecule has 2 aromatic heterocycles. The van der Waals surface area contributed by atoms with Crippen LogP contribution in [0, 0.1) is 0 Å². The highest BCUT2D eigenvalue weighted by molar-refractivity contribution is 5.95. The Labute approximate surface area is 174 Å². The summed E-state index contributed by atoms with van der Waals surface area (Å²) in [7, 11) is 4.15. The van der Waals surface area contributed by atoms with Gasteiger partial charge in [0.25, 0.3) is 5.56 Å². The van der Waals surface area contributed by atoms with Gasteiger partial charge in [-0.1, -0.05) is 19.9 Å². The first kappa shape index (κ1) is 20.2. The number of carboxylic acids is 1. The minimum atomic E-state index is -1.42. The minimum Gasteiger partial charge on any atom is -0.506 e. The lowest BCUT2D eigenvalue weighted by molar-refractivity contribution is 0.0691. The number of carboxylic acid groups (broad SMARTS) is 1. The van der Waals surface area contributed by atoms with Crippen molar-refractivity contribution in [3.8, 4) is 17.0 Å². The second-order valence-corrected chi connectivity index (χ2v) is 8.26. The number of nitrogens with zero attached hydrogens (tertiary/aromatic N) is 2. The largest absolute Gasteiger partial charge is 0.506 e. The van der Waals surface area contributed by atoms with E-state index >= 15 is 0 Å². The van der Waals surface area contributed by atoms with Crippen LogP contribution in [0.15, 0.2) is 23.0 Å². The van der Waals surface area contributed by atoms with E-state index in [1.54, 1.807) is 0 Å². The third-order valence-corrected chi connectivity index (χ3v) is 6.44. The van der Waals surface area contributed by atoms with Crippen molar-refractivity contribution in [3.63, 3.8) is 0 Å². The van der Waals surface area contributed by atoms with Crippen LogP contribution < -0.4 is 5.56 Å². The molecule has 1 aliphatic carbocycles. The number of benzene rings is 1. The highest BCUT2D eigenvalue weighted by atomic mass is 16.4. The molecular weight excluding hydrogens is 382 g/mol. The first-order valence-electron chi connectivity index (χ1n) is 10.3. The Morgan fingerprint density at radius 1 is 1.37 bits per heavy atom. The molecule has 2 heterocycles. The molecule has 1 atom stereocenters. The molecule has 0 saturated heterocycles. The topological polar surface area (TPSA) is 98.6 Å². The van der Waals surface area contributed by atoms with E-state index < -0.39 is 22.8 Å². The molecular formula is C23H27N3O4. The predicted molar refractivity (Wildman–Crippen MR) is 116 cm³/mol. The number of pyridine rings is 1. The summed E-state index contributed by atoms with van der Waals surface area (Å²) in [4.78, 5) is 29.0. The van der Waals surface area contributed by atoms with Crippen molar-refractivity contribution in [2.75, 3.05) is 13.6 Å². The summed E-state index contributed by atoms with van der Waals surface area (Å²) in [5.74, 6) is -1.93. The number of fused-ring (bicyclic) bond motifs is 5. The molecule has 0 saturated carbocycles. The van der Waals surface area contributed by atoms with E-state index in [2.05, 4.69) is 41.5 Å². The van der Waals surface area contributed by atoms with E-state index in [-0.39, 0.29) is 5.92 Å². The second-order valence-electron chi connectivity index (χ2n) is 8.26. The number of aromatic hydroxyl groups is 1. The number of aryl methyl sites for hydroxylation is 2. The number of hydrogen-bond donors (Lipinski definition) is 3. The number of H-pyrrole nitrogens is 1. The molecule has 158 valence electrons. The zero-order valence-electron chi connectivity index (χ0n) is 17.7. The van der Waals surface area contributed by atoms with Crippen LogP contribution in [-0.2, 0) is 20.0 Å². The SMILES string of the molecule is CCN(C)Cc1cc2c3c(ccc2n1C)-c1[nH]c(=O)c(C(=O)O)c(O)c1[C@@H](C)CC3. The lowest BCUT2D eigenvalue weighted by Crippen LogP contribution is -2.20. The van der Waals surface area contributed by atoms with Crippen LogP contribution in [0.5, 0.6) is 5.75 Å². The Morgan fingerprint density at radius 3 is 2.77 bits per heavy atom. The third kappa shape index (κ3) is 3.01. The van der Waals surface area contributed by atoms with Crippen molar-refractivity contribution in [2.24, 2.45) is 7.05 Å². The van der Waals surface area contributed by atoms with E-state index in [1.807, 2.05) is 19.1 Å². The van der Waals surface area contributed by atoms with Crippen LogP contribution in [0.1, 0.15) is 53.4 Å². The standard InChI is InChI=1S/C23H27N3O4/c1-5-25(3)11-13-10-16-14-7-6-12(2)18-20(15(14)8-9-17(16)26(13)4)24-22(28)19(21(18)27)23(29)30/h8-10,12H,5-7,11H2,1-4H3,(H,29,30)(H2,24,27,28)/t12-/m0/s1. The molecule has 0 aliphatic heterocycles. The van der Waals surface area contributed by atoms with Crippen molar-refractivity contribution in [2.45, 2.75) is 39.2 Å². The zero-order valence-corrected chi connectivity index (χ0v) is 17.7. The van der Waals surface area contributed by atoms with Crippen LogP contribution in [0.2, 0.25) is 0 Å². The molecule has 4 rings (SSSR count). The molecule has 0 bridgehead atoms. The van der Waals surface area contributed by atoms with Crippen LogP contribution in [0.4, 0.5) is 0 Å². The van der Waals surface area contributed by atoms with Gasteiger partial charge in [-0.2, -0.15) is 0 Å². The normalized spacial score (nSPS) is 15.8. The molecule has 3 N–H and O–H groups in total. The molecule has 0 spiro atoms. The van der Waals surface area contributed by atoms with Crippen molar-refractivity contribution in [1.82, 2.24) is 14.5 Å². The quantitative estimate of drug-likeness (QED) is 0.613. The fourth-order valence-electron chi connectivity index (χ4n) is 4.57. The van der Waals surface area contributed by atoms with Gasteiger partial charge in [-0.05, 0) is 50.0 Å². The number of rotatable bonds is 4. The maximum absolute atomic E-state index is 12.5. The van der Waals surface area contributed by atoms with E-state index in [9.17, 15) is 19.8 Å². The van der Waals surface area contributed by atoms with E-state index in [0.29, 0.717) is 11.3 Å². The van der Waals surface area contributed by atoms with E-state index in [4.69, 9.17) is 0 Å². The van der Waals surface area contributed by atoms with Gasteiger partial charge in [0, 0.05) is 41.3 Å². The first-order valence-corrected chi connectivity index (χ1v) is 10.3. The lowest BCUT2D eigenvalue weighted by atomic mass is 9.93. The summed E-state index contributed by atoms with van der Waals surface area (Å²) in [6, 6.07) is 6.21. The third-order valence-electron chi connectivity index (χ3n) is 6.44. The minimum absolute atomic E-state index is 0.0909. The van der Waals surface area contributed by atoms with Crippen LogP contribution in [0.25, 0.3) is 22.2 Å². The molecule has 3 aromatic rings. The van der Waals surface area contributed by atoms with Crippen LogP contribution in [0.3, 0.4) is 0 Å². The predicted octanol–water partition coefficient (Wildman–Crippen LogP) is 3.44. The van der Waals surface area contributed by atoms with Gasteiger partial charge in [-0.25, -0.2) is 4.79 Å². The maximum atomic E-state index is 12.5. The van der Waals surface area contributed by atoms with Crippen molar-refractivity contribution >= 4 is 16.9 Å². The fraction of sp³-hybridized carbons (Fsp3) is 0.391. The average molecular weight is 409 g/mol. The number of aromatic carboxylic acids is 1. The summed E-state index contributed by atoms with van der Waals surface area (Å²) in [5, 5.41) is 21.2. The summed E-state index contributed by atoms with van der Waals surface area (Å²) in [6.07, 6.45) is 1.52. The highest BCUT2D eigenvalue weighted by Gasteiger charge is 2.30. The Bertz CT molecular complexity index is 1220. The number of hydrogen-bond acceptors (Lipinski definition) is 4. The maximum Gasteiger partial charge on any atom is 0.345 e. The van der Waals surface area contributed by atoms with Gasteiger partial charge in [0.1, 0.15) is 5.75 Å². The van der Waals surface area contributed by atoms with Gasteiger partial charge < -0.3 is 24.7 Å². The smallest absolute Gasteiger partial charge is 0.345 e. The van der Waals surface area contributed by atoms with Gasteiger partial charge >= 0.3 is 5.97 Å². The Kier molecular flexibility index (Phi) is 4.94. The highest BCUT2D eigenvalue weighted by Crippen LogP contribution is 2.43. The summed E-state index contributed by atoms with van der Waals surface area (Å²) in [6.45, 7) is 5.87. The zero-order chi connectivity index (χ0) is 21.7. The molecule has 7 nitrogen and oxygen atoms in total. The Balaban J connectivity index is 1.99. The number of aromatic nitrogens is 2. The molecule has 0 fully saturated rings. The molecule has 0 radical (unpaired) electrons. The van der Waals surface area contributed by atoms with Gasteiger partial charge in [0.05, 0.1) is 5.69 Å². The summed E-state index contributed by atoms with van der Waals surface area (Å²) in [5.41, 5.74) is 3.97. The van der Waals surface area contributed by atoms with Crippen LogP contribution >= 0.6 is 0 Å². The fourth-order valence-corrected chi connectivity index (χ4v) is 4.57. The Hall–Kier alpha value is -3.06. The molecule has 30 heavy (non-hydrogen) atoms. The summed E-state index contributed by atoms with van der Waals surface area (Å²) < 4.78 is 2.20. The van der Waals surface area contributed by atoms with E-state index in [1.165, 1.54) is 5.69 Å². The number of aromatic amines is 1. The Morgan fingerprint density at radius 2 is 2.10 bits per heavy atom. The molecule has 7 heteroatoms. The lowest BCUT2D eigenvalue weighted by Gasteiger charge is -2.16. The number of nitrogens with one attached hydrogen (secondary N) is 1. The van der Waals surface area contributed by atoms with Crippen molar-refractivity contribution < 1.29 is 15.0 Å². The van der Waals surface area contributed by atoms with Gasteiger partial charge in [0.2, 0.25) is 0 Å². The van der Waals surface area contributed by atoms with Gasteiger partial charge in [0.15, 0.2) is 5.56 Å². The number of carbonyl (C=O) groups is 1. The van der Waals surface area contributed by atoms with Crippen molar-refractivity contribution in [3.05, 3.63) is 50.9 Å². The average Bonchev–Trinajstić information content (AvgIpc) is 2.92. The molecule has 1 aliphatic rings. The molecule has 0 amide bonds. The van der Waals surface area contributed by atoms with Gasteiger partial charge in [-0.15, -0.1) is 0 Å². The second kappa shape index (κ2) is 7.32. The monoisotopic (exact) mass is 409 g/mol. The summed E-state index contributed by atoms with van der Waals surface area (Å²) >= 11 is 0. The van der Waals surface area contributed by atoms with E-state index in [0.717, 1.165) is 48.0 Å². The molecule has 1 aromatic carbocycles. The van der Waals surface area contributed by atoms with Gasteiger partial charge in [-0.3, -0.25) is 4.79 Å². The first-order chi connectivity index (χ1) is 14.2. The molecule has 0 unspecified atom stereocenters. The van der Waals surface area contributed by atoms with Crippen molar-refractivity contribution in [1.29, 1.82) is 0 Å².